The first-order valence-electron chi connectivity index (χ1n) is 6.26. The van der Waals surface area contributed by atoms with Crippen LogP contribution in [-0.4, -0.2) is 40.3 Å². The van der Waals surface area contributed by atoms with Crippen LogP contribution in [0.15, 0.2) is 18.3 Å². The summed E-state index contributed by atoms with van der Waals surface area (Å²) in [5.41, 5.74) is 0.723. The van der Waals surface area contributed by atoms with Gasteiger partial charge in [-0.25, -0.2) is 0 Å². The van der Waals surface area contributed by atoms with Crippen molar-refractivity contribution in [3.05, 3.63) is 29.6 Å². The van der Waals surface area contributed by atoms with Crippen molar-refractivity contribution >= 4 is 11.8 Å². The van der Waals surface area contributed by atoms with E-state index in [0.717, 1.165) is 19.4 Å². The molecule has 2 aliphatic heterocycles. The van der Waals surface area contributed by atoms with Gasteiger partial charge < -0.3 is 5.32 Å². The third kappa shape index (κ3) is 1.54. The van der Waals surface area contributed by atoms with E-state index in [1.165, 1.54) is 4.90 Å². The van der Waals surface area contributed by atoms with Crippen molar-refractivity contribution in [2.24, 2.45) is 0 Å². The summed E-state index contributed by atoms with van der Waals surface area (Å²) in [5, 5.41) is 3.31. The molecular weight excluding hydrogens is 230 g/mol. The summed E-state index contributed by atoms with van der Waals surface area (Å²) < 4.78 is 0. The van der Waals surface area contributed by atoms with Gasteiger partial charge in [-0.15, -0.1) is 0 Å². The fourth-order valence-electron chi connectivity index (χ4n) is 2.77. The lowest BCUT2D eigenvalue weighted by Gasteiger charge is -2.35. The smallest absolute Gasteiger partial charge is 0.280 e. The van der Waals surface area contributed by atoms with Crippen LogP contribution >= 0.6 is 0 Å². The van der Waals surface area contributed by atoms with E-state index in [1.807, 2.05) is 6.92 Å². The zero-order valence-electron chi connectivity index (χ0n) is 10.2. The van der Waals surface area contributed by atoms with Crippen LogP contribution in [0.25, 0.3) is 0 Å². The average Bonchev–Trinajstić information content (AvgIpc) is 2.64. The van der Waals surface area contributed by atoms with Crippen LogP contribution in [-0.2, 0) is 0 Å². The van der Waals surface area contributed by atoms with Crippen molar-refractivity contribution in [1.82, 2.24) is 15.2 Å². The number of amides is 2. The number of pyridine rings is 1. The summed E-state index contributed by atoms with van der Waals surface area (Å²) in [6.45, 7) is 2.96. The number of aromatic nitrogens is 1. The molecule has 1 fully saturated rings. The molecule has 18 heavy (non-hydrogen) atoms. The van der Waals surface area contributed by atoms with Gasteiger partial charge in [0.2, 0.25) is 0 Å². The minimum Gasteiger partial charge on any atom is -0.312 e. The van der Waals surface area contributed by atoms with Crippen LogP contribution in [0.1, 0.15) is 40.6 Å². The zero-order valence-corrected chi connectivity index (χ0v) is 10.2. The topological polar surface area (TPSA) is 62.3 Å². The van der Waals surface area contributed by atoms with E-state index >= 15 is 0 Å². The Hall–Kier alpha value is -1.75. The van der Waals surface area contributed by atoms with Gasteiger partial charge in [0.15, 0.2) is 0 Å². The first-order valence-corrected chi connectivity index (χ1v) is 6.26. The van der Waals surface area contributed by atoms with E-state index in [9.17, 15) is 9.59 Å². The second-order valence-electron chi connectivity index (χ2n) is 4.83. The number of hydrogen-bond acceptors (Lipinski definition) is 4. The summed E-state index contributed by atoms with van der Waals surface area (Å²) in [5.74, 6) is -0.459. The van der Waals surface area contributed by atoms with Gasteiger partial charge in [0.25, 0.3) is 11.8 Å². The molecule has 0 radical (unpaired) electrons. The molecule has 0 aromatic carbocycles. The number of carbonyl (C=O) groups excluding carboxylic acids is 2. The molecule has 0 bridgehead atoms. The van der Waals surface area contributed by atoms with Crippen molar-refractivity contribution in [2.45, 2.75) is 31.8 Å². The fraction of sp³-hybridized carbons (Fsp3) is 0.462. The van der Waals surface area contributed by atoms with Gasteiger partial charge in [-0.3, -0.25) is 19.5 Å². The molecule has 2 aliphatic rings. The molecule has 5 heteroatoms. The van der Waals surface area contributed by atoms with E-state index < -0.39 is 0 Å². The summed E-state index contributed by atoms with van der Waals surface area (Å²) >= 11 is 0. The maximum Gasteiger partial charge on any atom is 0.280 e. The number of hydrogen-bond donors (Lipinski definition) is 1. The van der Waals surface area contributed by atoms with Gasteiger partial charge >= 0.3 is 0 Å². The molecule has 2 atom stereocenters. The molecule has 2 unspecified atom stereocenters. The number of nitrogens with one attached hydrogen (secondary N) is 1. The minimum atomic E-state index is -0.254. The van der Waals surface area contributed by atoms with Gasteiger partial charge in [0, 0.05) is 12.2 Å². The van der Waals surface area contributed by atoms with Gasteiger partial charge in [-0.05, 0) is 38.4 Å². The van der Waals surface area contributed by atoms with Crippen LogP contribution in [0, 0.1) is 0 Å². The standard InChI is InChI=1S/C13H15N3O2/c1-8-10(5-3-6-14-8)16-12(17)9-4-2-7-15-11(9)13(16)18/h2,4,7-8,10,14H,3,5-6H2,1H3. The summed E-state index contributed by atoms with van der Waals surface area (Å²) in [6, 6.07) is 3.44. The highest BCUT2D eigenvalue weighted by Gasteiger charge is 2.43. The van der Waals surface area contributed by atoms with E-state index in [4.69, 9.17) is 0 Å². The van der Waals surface area contributed by atoms with Crippen molar-refractivity contribution in [1.29, 1.82) is 0 Å². The lowest BCUT2D eigenvalue weighted by Crippen LogP contribution is -2.54. The lowest BCUT2D eigenvalue weighted by molar-refractivity contribution is 0.0519. The minimum absolute atomic E-state index is 0.0621. The van der Waals surface area contributed by atoms with E-state index in [0.29, 0.717) is 11.3 Å². The summed E-state index contributed by atoms with van der Waals surface area (Å²) in [4.78, 5) is 30.0. The highest BCUT2D eigenvalue weighted by Crippen LogP contribution is 2.26. The predicted octanol–water partition coefficient (Wildman–Crippen LogP) is 0.818. The maximum absolute atomic E-state index is 12.3. The average molecular weight is 245 g/mol. The van der Waals surface area contributed by atoms with Crippen molar-refractivity contribution < 1.29 is 9.59 Å². The molecule has 1 N–H and O–H groups in total. The Morgan fingerprint density at radius 3 is 2.94 bits per heavy atom. The molecule has 0 saturated carbocycles. The van der Waals surface area contributed by atoms with Crippen LogP contribution in [0.3, 0.4) is 0 Å². The Morgan fingerprint density at radius 1 is 1.39 bits per heavy atom. The van der Waals surface area contributed by atoms with Gasteiger partial charge in [-0.2, -0.15) is 0 Å². The number of imide groups is 1. The Kier molecular flexibility index (Phi) is 2.63. The fourth-order valence-corrected chi connectivity index (χ4v) is 2.77. The molecule has 1 aromatic rings. The zero-order chi connectivity index (χ0) is 12.7. The molecular formula is C13H15N3O2. The maximum atomic E-state index is 12.3. The second kappa shape index (κ2) is 4.17. The van der Waals surface area contributed by atoms with Crippen LogP contribution in [0.4, 0.5) is 0 Å². The van der Waals surface area contributed by atoms with E-state index in [2.05, 4.69) is 10.3 Å². The van der Waals surface area contributed by atoms with E-state index in [1.54, 1.807) is 18.3 Å². The normalized spacial score (nSPS) is 27.5. The van der Waals surface area contributed by atoms with Gasteiger partial charge in [0.05, 0.1) is 11.6 Å². The van der Waals surface area contributed by atoms with Crippen molar-refractivity contribution in [3.8, 4) is 0 Å². The number of nitrogens with zero attached hydrogens (tertiary/aromatic N) is 2. The summed E-state index contributed by atoms with van der Waals surface area (Å²) in [6.07, 6.45) is 3.39. The second-order valence-corrected chi connectivity index (χ2v) is 4.83. The van der Waals surface area contributed by atoms with Crippen LogP contribution < -0.4 is 5.32 Å². The molecule has 2 amide bonds. The third-order valence-electron chi connectivity index (χ3n) is 3.73. The molecule has 3 rings (SSSR count). The van der Waals surface area contributed by atoms with Crippen LogP contribution in [0.5, 0.6) is 0 Å². The molecule has 1 saturated heterocycles. The lowest BCUT2D eigenvalue weighted by atomic mass is 9.98. The van der Waals surface area contributed by atoms with E-state index in [-0.39, 0.29) is 23.9 Å². The number of rotatable bonds is 1. The quantitative estimate of drug-likeness (QED) is 0.744. The van der Waals surface area contributed by atoms with Crippen molar-refractivity contribution in [2.75, 3.05) is 6.54 Å². The molecule has 94 valence electrons. The molecule has 5 nitrogen and oxygen atoms in total. The first-order chi connectivity index (χ1) is 8.70. The Morgan fingerprint density at radius 2 is 2.22 bits per heavy atom. The van der Waals surface area contributed by atoms with Crippen LogP contribution in [0.2, 0.25) is 0 Å². The Bertz CT molecular complexity index is 480. The molecule has 0 spiro atoms. The Balaban J connectivity index is 1.96. The molecule has 3 heterocycles. The predicted molar refractivity (Wildman–Crippen MR) is 65.2 cm³/mol. The summed E-state index contributed by atoms with van der Waals surface area (Å²) in [7, 11) is 0. The number of piperidine rings is 1. The third-order valence-corrected chi connectivity index (χ3v) is 3.73. The Labute approximate surface area is 105 Å². The molecule has 0 aliphatic carbocycles. The SMILES string of the molecule is CC1NCCCC1N1C(=O)c2cccnc2C1=O. The van der Waals surface area contributed by atoms with Gasteiger partial charge in [-0.1, -0.05) is 0 Å². The van der Waals surface area contributed by atoms with Gasteiger partial charge in [0.1, 0.15) is 5.69 Å². The first kappa shape index (κ1) is 11.3. The highest BCUT2D eigenvalue weighted by molar-refractivity contribution is 6.20. The highest BCUT2D eigenvalue weighted by atomic mass is 16.2. The monoisotopic (exact) mass is 245 g/mol. The number of fused-ring (bicyclic) bond motifs is 1. The largest absolute Gasteiger partial charge is 0.312 e. The van der Waals surface area contributed by atoms with Crippen molar-refractivity contribution in [3.63, 3.8) is 0 Å². The number of carbonyl (C=O) groups is 2. The molecule has 1 aromatic heterocycles.